The van der Waals surface area contributed by atoms with E-state index in [0.29, 0.717) is 5.69 Å². The summed E-state index contributed by atoms with van der Waals surface area (Å²) >= 11 is 0. The Kier molecular flexibility index (Phi) is 2.83. The maximum atomic E-state index is 11.1. The van der Waals surface area contributed by atoms with Gasteiger partial charge in [-0.25, -0.2) is 4.79 Å². The average Bonchev–Trinajstić information content (AvgIpc) is 3.05. The minimum absolute atomic E-state index is 0.0209. The predicted octanol–water partition coefficient (Wildman–Crippen LogP) is 2.44. The molecule has 0 amide bonds. The van der Waals surface area contributed by atoms with E-state index in [0.717, 1.165) is 11.3 Å². The van der Waals surface area contributed by atoms with Crippen molar-refractivity contribution in [2.75, 3.05) is 0 Å². The highest BCUT2D eigenvalue weighted by Crippen LogP contribution is 2.27. The molecule has 0 fully saturated rings. The highest BCUT2D eigenvalue weighted by molar-refractivity contribution is 5.93. The van der Waals surface area contributed by atoms with Crippen molar-refractivity contribution in [1.82, 2.24) is 14.9 Å². The molecule has 0 aliphatic heterocycles. The average molecular weight is 269 g/mol. The molecule has 0 bridgehead atoms. The standard InChI is InChI=1S/C14H11N3O3/c1-17-12(13-10(14(18)19)8-15-20-13)7-11(16-17)9-5-3-2-4-6-9/h2-8H,1H3,(H,18,19). The summed E-state index contributed by atoms with van der Waals surface area (Å²) in [6.07, 6.45) is 1.19. The number of aromatic nitrogens is 3. The molecular weight excluding hydrogens is 258 g/mol. The first-order chi connectivity index (χ1) is 9.66. The van der Waals surface area contributed by atoms with Gasteiger partial charge in [-0.05, 0) is 6.07 Å². The summed E-state index contributed by atoms with van der Waals surface area (Å²) in [6.45, 7) is 0. The molecule has 100 valence electrons. The number of rotatable bonds is 3. The first-order valence-corrected chi connectivity index (χ1v) is 5.94. The molecule has 2 aromatic heterocycles. The van der Waals surface area contributed by atoms with Gasteiger partial charge in [-0.2, -0.15) is 5.10 Å². The summed E-state index contributed by atoms with van der Waals surface area (Å²) in [5.41, 5.74) is 2.29. The molecule has 3 aromatic rings. The van der Waals surface area contributed by atoms with Crippen LogP contribution in [0.25, 0.3) is 22.7 Å². The molecule has 0 aliphatic carbocycles. The molecule has 20 heavy (non-hydrogen) atoms. The largest absolute Gasteiger partial charge is 0.477 e. The monoisotopic (exact) mass is 269 g/mol. The molecule has 0 saturated heterocycles. The third kappa shape index (κ3) is 1.97. The smallest absolute Gasteiger partial charge is 0.341 e. The number of carboxylic acids is 1. The lowest BCUT2D eigenvalue weighted by atomic mass is 10.1. The number of hydrogen-bond acceptors (Lipinski definition) is 4. The van der Waals surface area contributed by atoms with Gasteiger partial charge in [0.2, 0.25) is 0 Å². The van der Waals surface area contributed by atoms with Crippen LogP contribution in [0.4, 0.5) is 0 Å². The zero-order valence-corrected chi connectivity index (χ0v) is 10.6. The van der Waals surface area contributed by atoms with Gasteiger partial charge in [0.25, 0.3) is 0 Å². The number of carboxylic acid groups (broad SMARTS) is 1. The van der Waals surface area contributed by atoms with Crippen molar-refractivity contribution >= 4 is 5.97 Å². The van der Waals surface area contributed by atoms with Crippen molar-refractivity contribution in [2.45, 2.75) is 0 Å². The van der Waals surface area contributed by atoms with E-state index in [2.05, 4.69) is 10.3 Å². The van der Waals surface area contributed by atoms with Crippen molar-refractivity contribution < 1.29 is 14.4 Å². The van der Waals surface area contributed by atoms with Crippen molar-refractivity contribution in [1.29, 1.82) is 0 Å². The lowest BCUT2D eigenvalue weighted by Gasteiger charge is -1.96. The zero-order chi connectivity index (χ0) is 14.1. The molecule has 0 spiro atoms. The molecule has 3 rings (SSSR count). The van der Waals surface area contributed by atoms with Gasteiger partial charge in [-0.15, -0.1) is 0 Å². The summed E-state index contributed by atoms with van der Waals surface area (Å²) in [4.78, 5) is 11.1. The number of aryl methyl sites for hydroxylation is 1. The molecule has 0 saturated carbocycles. The lowest BCUT2D eigenvalue weighted by Crippen LogP contribution is -1.99. The van der Waals surface area contributed by atoms with Crippen LogP contribution in [0.5, 0.6) is 0 Å². The second-order valence-electron chi connectivity index (χ2n) is 4.28. The van der Waals surface area contributed by atoms with E-state index < -0.39 is 5.97 Å². The molecular formula is C14H11N3O3. The topological polar surface area (TPSA) is 81.2 Å². The van der Waals surface area contributed by atoms with Gasteiger partial charge in [-0.1, -0.05) is 35.5 Å². The number of aromatic carboxylic acids is 1. The van der Waals surface area contributed by atoms with Crippen molar-refractivity contribution in [2.24, 2.45) is 7.05 Å². The SMILES string of the molecule is Cn1nc(-c2ccccc2)cc1-c1oncc1C(=O)O. The fourth-order valence-corrected chi connectivity index (χ4v) is 2.01. The molecule has 6 nitrogen and oxygen atoms in total. The minimum Gasteiger partial charge on any atom is -0.477 e. The van der Waals surface area contributed by atoms with Crippen LogP contribution in [0.2, 0.25) is 0 Å². The van der Waals surface area contributed by atoms with E-state index in [9.17, 15) is 4.79 Å². The van der Waals surface area contributed by atoms with E-state index in [1.807, 2.05) is 30.3 Å². The predicted molar refractivity (Wildman–Crippen MR) is 71.1 cm³/mol. The van der Waals surface area contributed by atoms with Gasteiger partial charge >= 0.3 is 5.97 Å². The maximum absolute atomic E-state index is 11.1. The Bertz CT molecular complexity index is 759. The second kappa shape index (κ2) is 4.65. The van der Waals surface area contributed by atoms with Gasteiger partial charge in [0.1, 0.15) is 11.3 Å². The molecule has 6 heteroatoms. The van der Waals surface area contributed by atoms with E-state index in [1.165, 1.54) is 6.20 Å². The highest BCUT2D eigenvalue weighted by atomic mass is 16.5. The zero-order valence-electron chi connectivity index (χ0n) is 10.6. The van der Waals surface area contributed by atoms with Crippen molar-refractivity contribution in [3.05, 3.63) is 48.2 Å². The molecule has 1 aromatic carbocycles. The molecule has 1 N–H and O–H groups in total. The molecule has 2 heterocycles. The van der Waals surface area contributed by atoms with Crippen molar-refractivity contribution in [3.63, 3.8) is 0 Å². The Morgan fingerprint density at radius 1 is 1.30 bits per heavy atom. The van der Waals surface area contributed by atoms with E-state index >= 15 is 0 Å². The quantitative estimate of drug-likeness (QED) is 0.789. The van der Waals surface area contributed by atoms with Gasteiger partial charge < -0.3 is 9.63 Å². The third-order valence-electron chi connectivity index (χ3n) is 2.98. The Balaban J connectivity index is 2.10. The van der Waals surface area contributed by atoms with Gasteiger partial charge in [0, 0.05) is 12.6 Å². The third-order valence-corrected chi connectivity index (χ3v) is 2.98. The first-order valence-electron chi connectivity index (χ1n) is 5.94. The molecule has 0 radical (unpaired) electrons. The van der Waals surface area contributed by atoms with Crippen LogP contribution in [0.1, 0.15) is 10.4 Å². The fraction of sp³-hybridized carbons (Fsp3) is 0.0714. The summed E-state index contributed by atoms with van der Waals surface area (Å²) in [5, 5.41) is 17.0. The van der Waals surface area contributed by atoms with Gasteiger partial charge in [0.15, 0.2) is 5.76 Å². The number of carbonyl (C=O) groups is 1. The van der Waals surface area contributed by atoms with Gasteiger partial charge in [-0.3, -0.25) is 4.68 Å². The number of benzene rings is 1. The lowest BCUT2D eigenvalue weighted by molar-refractivity contribution is 0.0697. The summed E-state index contributed by atoms with van der Waals surface area (Å²) in [6, 6.07) is 11.4. The Hall–Kier alpha value is -2.89. The summed E-state index contributed by atoms with van der Waals surface area (Å²) in [7, 11) is 1.73. The second-order valence-corrected chi connectivity index (χ2v) is 4.28. The summed E-state index contributed by atoms with van der Waals surface area (Å²) < 4.78 is 6.63. The van der Waals surface area contributed by atoms with Crippen LogP contribution in [0.15, 0.2) is 47.1 Å². The first kappa shape index (κ1) is 12.2. The van der Waals surface area contributed by atoms with Crippen LogP contribution in [0, 0.1) is 0 Å². The van der Waals surface area contributed by atoms with Gasteiger partial charge in [0.05, 0.1) is 11.9 Å². The highest BCUT2D eigenvalue weighted by Gasteiger charge is 2.20. The van der Waals surface area contributed by atoms with E-state index in [4.69, 9.17) is 9.63 Å². The summed E-state index contributed by atoms with van der Waals surface area (Å²) in [5.74, 6) is -0.876. The van der Waals surface area contributed by atoms with Crippen LogP contribution < -0.4 is 0 Å². The molecule has 0 atom stereocenters. The molecule has 0 aliphatic rings. The number of hydrogen-bond donors (Lipinski definition) is 1. The Morgan fingerprint density at radius 2 is 2.05 bits per heavy atom. The van der Waals surface area contributed by atoms with E-state index in [-0.39, 0.29) is 11.3 Å². The number of nitrogens with zero attached hydrogens (tertiary/aromatic N) is 3. The van der Waals surface area contributed by atoms with E-state index in [1.54, 1.807) is 17.8 Å². The maximum Gasteiger partial charge on any atom is 0.341 e. The van der Waals surface area contributed by atoms with Crippen molar-refractivity contribution in [3.8, 4) is 22.7 Å². The normalized spacial score (nSPS) is 10.7. The van der Waals surface area contributed by atoms with Crippen LogP contribution in [-0.4, -0.2) is 26.0 Å². The van der Waals surface area contributed by atoms with Crippen LogP contribution in [-0.2, 0) is 7.05 Å². The fourth-order valence-electron chi connectivity index (χ4n) is 2.01. The van der Waals surface area contributed by atoms with Crippen LogP contribution >= 0.6 is 0 Å². The molecule has 0 unspecified atom stereocenters. The Labute approximate surface area is 114 Å². The Morgan fingerprint density at radius 3 is 2.75 bits per heavy atom. The minimum atomic E-state index is -1.08. The van der Waals surface area contributed by atoms with Crippen LogP contribution in [0.3, 0.4) is 0 Å².